The molecule has 0 saturated carbocycles. The number of pyridine rings is 2. The Balaban J connectivity index is 0.000000286. The van der Waals surface area contributed by atoms with E-state index in [9.17, 15) is 4.39 Å². The fraction of sp³-hybridized carbons (Fsp3) is 0.250. The number of aryl methyl sites for hydroxylation is 1. The first-order valence-corrected chi connectivity index (χ1v) is 22.6. The van der Waals surface area contributed by atoms with Gasteiger partial charge < -0.3 is 14.0 Å². The molecule has 0 spiro atoms. The van der Waals surface area contributed by atoms with Crippen molar-refractivity contribution >= 4 is 43.9 Å². The van der Waals surface area contributed by atoms with Crippen molar-refractivity contribution in [3.63, 3.8) is 0 Å². The third kappa shape index (κ3) is 7.71. The Morgan fingerprint density at radius 2 is 1.46 bits per heavy atom. The minimum atomic E-state index is -2.35. The Kier molecular flexibility index (Phi) is 10.4. The van der Waals surface area contributed by atoms with Crippen LogP contribution in [0.4, 0.5) is 4.39 Å². The fourth-order valence-corrected chi connectivity index (χ4v) is 9.67. The Morgan fingerprint density at radius 1 is 0.701 bits per heavy atom. The van der Waals surface area contributed by atoms with Gasteiger partial charge >= 0.3 is 0 Å². The van der Waals surface area contributed by atoms with Crippen molar-refractivity contribution in [2.75, 3.05) is 0 Å². The maximum Gasteiger partial charge on any atom is 0.216 e. The van der Waals surface area contributed by atoms with Gasteiger partial charge in [-0.3, -0.25) is 9.37 Å². The first-order valence-electron chi connectivity index (χ1n) is 24.1. The van der Waals surface area contributed by atoms with E-state index in [2.05, 4.69) is 175 Å². The van der Waals surface area contributed by atoms with E-state index < -0.39 is 6.85 Å². The average Bonchev–Trinajstić information content (AvgIpc) is 3.89. The van der Waals surface area contributed by atoms with Crippen molar-refractivity contribution in [3.8, 4) is 39.5 Å². The van der Waals surface area contributed by atoms with Gasteiger partial charge in [-0.25, -0.2) is 4.98 Å². The molecule has 0 amide bonds. The molecule has 0 unspecified atom stereocenters. The minimum absolute atomic E-state index is 0. The largest absolute Gasteiger partial charge is 0.486 e. The van der Waals surface area contributed by atoms with E-state index in [0.29, 0.717) is 17.0 Å². The molecule has 4 heterocycles. The number of halogens is 1. The molecule has 67 heavy (non-hydrogen) atoms. The van der Waals surface area contributed by atoms with Crippen LogP contribution >= 0.6 is 0 Å². The number of furan rings is 1. The topological polar surface area (TPSA) is 56.7 Å². The van der Waals surface area contributed by atoms with Crippen LogP contribution in [0, 0.1) is 24.8 Å². The molecule has 1 radical (unpaired) electrons. The van der Waals surface area contributed by atoms with E-state index in [-0.39, 0.29) is 59.0 Å². The summed E-state index contributed by atoms with van der Waals surface area (Å²) in [5, 5.41) is 3.85. The van der Waals surface area contributed by atoms with Crippen molar-refractivity contribution in [3.05, 3.63) is 179 Å². The molecule has 0 saturated heterocycles. The smallest absolute Gasteiger partial charge is 0.216 e. The van der Waals surface area contributed by atoms with Gasteiger partial charge in [0, 0.05) is 58.4 Å². The molecule has 0 aliphatic heterocycles. The van der Waals surface area contributed by atoms with Gasteiger partial charge in [-0.05, 0) is 109 Å². The van der Waals surface area contributed by atoms with Gasteiger partial charge in [0.05, 0.1) is 22.4 Å². The second-order valence-corrected chi connectivity index (χ2v) is 20.7. The van der Waals surface area contributed by atoms with Crippen LogP contribution in [-0.4, -0.2) is 19.5 Å². The fourth-order valence-electron chi connectivity index (χ4n) is 9.67. The molecule has 4 aromatic heterocycles. The van der Waals surface area contributed by atoms with Crippen LogP contribution in [0.1, 0.15) is 101 Å². The van der Waals surface area contributed by atoms with Gasteiger partial charge in [-0.2, -0.15) is 0 Å². The SMILES string of the molecule is CC(C)(C)c1ccc(-c2[c-]cc(F)cc2)nc1.[2H]C([2H])([2H])c1ccc2c(n1)oc1c(-c3nc4ccc5cc6c(cc5c4n3-c3ccccc3C(C)(C)C)-c3ccccc3C(C)(C)C6(C)C)[c-]ccc12.[Ir]. The van der Waals surface area contributed by atoms with Crippen molar-refractivity contribution in [2.24, 2.45) is 0 Å². The number of imidazole rings is 1. The number of hydrogen-bond donors (Lipinski definition) is 0. The van der Waals surface area contributed by atoms with Crippen LogP contribution in [0.3, 0.4) is 0 Å². The number of fused-ring (bicyclic) bond motifs is 9. The predicted molar refractivity (Wildman–Crippen MR) is 270 cm³/mol. The van der Waals surface area contributed by atoms with Crippen LogP contribution in [0.15, 0.2) is 138 Å². The van der Waals surface area contributed by atoms with Crippen LogP contribution in [0.25, 0.3) is 83.3 Å². The quantitative estimate of drug-likeness (QED) is 0.165. The molecular weight excluding hydrogens is 1000 g/mol. The molecular formula is C60H55FIrN4O-2. The van der Waals surface area contributed by atoms with Crippen molar-refractivity contribution in [1.82, 2.24) is 19.5 Å². The first kappa shape index (κ1) is 42.1. The summed E-state index contributed by atoms with van der Waals surface area (Å²) in [5.41, 5.74) is 13.4. The number of para-hydroxylation sites is 1. The normalized spacial score (nSPS) is 14.9. The maximum absolute atomic E-state index is 12.8. The molecule has 0 atom stereocenters. The number of benzene rings is 6. The molecule has 5 nitrogen and oxygen atoms in total. The second-order valence-electron chi connectivity index (χ2n) is 20.7. The van der Waals surface area contributed by atoms with Crippen LogP contribution in [0.5, 0.6) is 0 Å². The van der Waals surface area contributed by atoms with E-state index in [1.54, 1.807) is 18.2 Å². The second kappa shape index (κ2) is 16.5. The molecule has 10 aromatic rings. The molecule has 0 fully saturated rings. The monoisotopic (exact) mass is 1060 g/mol. The Hall–Kier alpha value is -6.27. The number of rotatable bonds is 3. The van der Waals surface area contributed by atoms with Gasteiger partial charge in [0.1, 0.15) is 0 Å². The van der Waals surface area contributed by atoms with Crippen molar-refractivity contribution < 1.29 is 33.0 Å². The third-order valence-electron chi connectivity index (χ3n) is 14.1. The summed E-state index contributed by atoms with van der Waals surface area (Å²) in [4.78, 5) is 14.2. The number of nitrogens with zero attached hydrogens (tertiary/aromatic N) is 4. The molecule has 0 bridgehead atoms. The van der Waals surface area contributed by atoms with E-state index in [1.165, 1.54) is 45.5 Å². The number of aromatic nitrogens is 4. The average molecular weight is 1060 g/mol. The standard InChI is InChI=1S/C45H40N3O.C15H15FN.Ir/c1-26-20-22-30-29-15-13-16-31(40(29)49-42(30)46-26)41-47-37-23-21-27-24-36-33(28-14-9-10-17-34(28)44(5,6)45(36,7)8)25-32(27)39(37)48(41)38-19-12-11-18-35(38)43(2,3)4;1-15(2,3)12-6-9-14(17-10-12)11-4-7-13(16)8-5-11;/h9-15,17-25H,1-8H3;4,6-10H,1-3H3;/q2*-1;/i1D3;;. The van der Waals surface area contributed by atoms with Crippen molar-refractivity contribution in [1.29, 1.82) is 0 Å². The molecule has 0 N–H and O–H groups in total. The molecule has 1 aliphatic rings. The Bertz CT molecular complexity index is 3630. The zero-order valence-electron chi connectivity index (χ0n) is 42.6. The van der Waals surface area contributed by atoms with E-state index >= 15 is 0 Å². The summed E-state index contributed by atoms with van der Waals surface area (Å²) >= 11 is 0. The summed E-state index contributed by atoms with van der Waals surface area (Å²) in [5.74, 6) is 0.416. The summed E-state index contributed by atoms with van der Waals surface area (Å²) in [6.07, 6.45) is 1.87. The summed E-state index contributed by atoms with van der Waals surface area (Å²) in [6.45, 7) is 20.3. The molecule has 7 heteroatoms. The minimum Gasteiger partial charge on any atom is -0.486 e. The molecule has 11 rings (SSSR count). The molecule has 1 aliphatic carbocycles. The van der Waals surface area contributed by atoms with Gasteiger partial charge in [-0.1, -0.05) is 141 Å². The zero-order chi connectivity index (χ0) is 49.0. The van der Waals surface area contributed by atoms with E-state index in [4.69, 9.17) is 13.5 Å². The zero-order valence-corrected chi connectivity index (χ0v) is 42.0. The van der Waals surface area contributed by atoms with Crippen LogP contribution < -0.4 is 0 Å². The predicted octanol–water partition coefficient (Wildman–Crippen LogP) is 15.8. The van der Waals surface area contributed by atoms with Crippen LogP contribution in [0.2, 0.25) is 0 Å². The maximum atomic E-state index is 12.8. The van der Waals surface area contributed by atoms with Crippen LogP contribution in [-0.2, 0) is 41.8 Å². The number of hydrogen-bond acceptors (Lipinski definition) is 4. The first-order chi connectivity index (χ1) is 32.5. The summed E-state index contributed by atoms with van der Waals surface area (Å²) in [7, 11) is 0. The van der Waals surface area contributed by atoms with Crippen molar-refractivity contribution in [2.45, 2.75) is 97.7 Å². The third-order valence-corrected chi connectivity index (χ3v) is 14.1. The van der Waals surface area contributed by atoms with Gasteiger partial charge in [0.25, 0.3) is 0 Å². The van der Waals surface area contributed by atoms with E-state index in [1.807, 2.05) is 24.4 Å². The summed E-state index contributed by atoms with van der Waals surface area (Å²) < 4.78 is 45.3. The van der Waals surface area contributed by atoms with Gasteiger partial charge in [-0.15, -0.1) is 48.0 Å². The Morgan fingerprint density at radius 3 is 2.18 bits per heavy atom. The Labute approximate surface area is 411 Å². The van der Waals surface area contributed by atoms with Gasteiger partial charge in [0.15, 0.2) is 0 Å². The molecule has 339 valence electrons. The van der Waals surface area contributed by atoms with E-state index in [0.717, 1.165) is 49.5 Å². The van der Waals surface area contributed by atoms with Gasteiger partial charge in [0.2, 0.25) is 5.71 Å². The summed E-state index contributed by atoms with van der Waals surface area (Å²) in [6, 6.07) is 48.5. The molecule has 6 aromatic carbocycles.